The first-order chi connectivity index (χ1) is 14.2. The number of aromatic nitrogens is 3. The molecule has 2 aliphatic heterocycles. The number of likely N-dealkylation sites (tertiary alicyclic amines) is 1. The lowest BCUT2D eigenvalue weighted by Gasteiger charge is -2.36. The number of pyridine rings is 1. The number of hydrogen-bond donors (Lipinski definition) is 0. The zero-order chi connectivity index (χ0) is 19.7. The lowest BCUT2D eigenvalue weighted by Crippen LogP contribution is -2.45. The minimum absolute atomic E-state index is 0.369. The summed E-state index contributed by atoms with van der Waals surface area (Å²) in [7, 11) is 0. The number of rotatable bonds is 4. The van der Waals surface area contributed by atoms with Gasteiger partial charge in [0.05, 0.1) is 11.4 Å². The fourth-order valence-electron chi connectivity index (χ4n) is 4.02. The standard InChI is InChI=1S/C22H22N4O3/c27-21-28-16-22(29-21)8-12-25(13-9-22)14-18-15-26(19-4-2-1-3-5-19)24-20(18)17-6-10-23-11-7-17/h1-7,10-11,15H,8-9,12-14,16H2. The van der Waals surface area contributed by atoms with Gasteiger partial charge in [-0.1, -0.05) is 18.2 Å². The Kier molecular flexibility index (Phi) is 4.52. The Morgan fingerprint density at radius 3 is 2.48 bits per heavy atom. The van der Waals surface area contributed by atoms with Crippen LogP contribution in [-0.4, -0.2) is 51.1 Å². The first kappa shape index (κ1) is 17.9. The molecule has 5 rings (SSSR count). The Balaban J connectivity index is 1.39. The Bertz CT molecular complexity index is 995. The predicted octanol–water partition coefficient (Wildman–Crippen LogP) is 3.44. The quantitative estimate of drug-likeness (QED) is 0.636. The largest absolute Gasteiger partial charge is 0.509 e. The SMILES string of the molecule is O=C1OCC2(CCN(Cc3cn(-c4ccccc4)nc3-c3ccncc3)CC2)O1. The van der Waals surface area contributed by atoms with Crippen molar-refractivity contribution in [3.63, 3.8) is 0 Å². The summed E-state index contributed by atoms with van der Waals surface area (Å²) in [4.78, 5) is 17.9. The smallest absolute Gasteiger partial charge is 0.430 e. The van der Waals surface area contributed by atoms with Gasteiger partial charge in [0, 0.05) is 62.2 Å². The van der Waals surface area contributed by atoms with E-state index < -0.39 is 11.8 Å². The molecule has 2 aromatic heterocycles. The van der Waals surface area contributed by atoms with Gasteiger partial charge in [0.1, 0.15) is 6.61 Å². The molecule has 29 heavy (non-hydrogen) atoms. The summed E-state index contributed by atoms with van der Waals surface area (Å²) in [6, 6.07) is 14.1. The monoisotopic (exact) mass is 390 g/mol. The summed E-state index contributed by atoms with van der Waals surface area (Å²) in [6.45, 7) is 2.86. The number of benzene rings is 1. The first-order valence-corrected chi connectivity index (χ1v) is 9.83. The van der Waals surface area contributed by atoms with Gasteiger partial charge < -0.3 is 9.47 Å². The van der Waals surface area contributed by atoms with Crippen molar-refractivity contribution in [3.05, 3.63) is 66.6 Å². The molecule has 3 aromatic rings. The van der Waals surface area contributed by atoms with Gasteiger partial charge in [-0.25, -0.2) is 9.48 Å². The second kappa shape index (κ2) is 7.33. The van der Waals surface area contributed by atoms with Crippen LogP contribution in [0.15, 0.2) is 61.1 Å². The zero-order valence-electron chi connectivity index (χ0n) is 16.0. The summed E-state index contributed by atoms with van der Waals surface area (Å²) >= 11 is 0. The molecule has 7 nitrogen and oxygen atoms in total. The summed E-state index contributed by atoms with van der Waals surface area (Å²) in [6.07, 6.45) is 6.72. The highest BCUT2D eigenvalue weighted by molar-refractivity contribution is 5.63. The van der Waals surface area contributed by atoms with Crippen LogP contribution < -0.4 is 0 Å². The van der Waals surface area contributed by atoms with Crippen LogP contribution in [0.25, 0.3) is 16.9 Å². The highest BCUT2D eigenvalue weighted by Crippen LogP contribution is 2.33. The third kappa shape index (κ3) is 3.61. The molecule has 0 bridgehead atoms. The van der Waals surface area contributed by atoms with Crippen molar-refractivity contribution in [2.75, 3.05) is 19.7 Å². The van der Waals surface area contributed by atoms with E-state index in [0.717, 1.165) is 55.0 Å². The topological polar surface area (TPSA) is 69.5 Å². The van der Waals surface area contributed by atoms with E-state index in [9.17, 15) is 4.79 Å². The van der Waals surface area contributed by atoms with Crippen molar-refractivity contribution in [2.24, 2.45) is 0 Å². The van der Waals surface area contributed by atoms with Crippen molar-refractivity contribution in [2.45, 2.75) is 25.0 Å². The molecular weight excluding hydrogens is 368 g/mol. The van der Waals surface area contributed by atoms with Crippen molar-refractivity contribution in [1.82, 2.24) is 19.7 Å². The number of hydrogen-bond acceptors (Lipinski definition) is 6. The maximum Gasteiger partial charge on any atom is 0.509 e. The molecule has 4 heterocycles. The molecule has 148 valence electrons. The van der Waals surface area contributed by atoms with Crippen molar-refractivity contribution in [1.29, 1.82) is 0 Å². The highest BCUT2D eigenvalue weighted by atomic mass is 16.8. The molecule has 2 saturated heterocycles. The van der Waals surface area contributed by atoms with E-state index in [1.54, 1.807) is 12.4 Å². The van der Waals surface area contributed by atoms with E-state index in [-0.39, 0.29) is 0 Å². The van der Waals surface area contributed by atoms with E-state index in [0.29, 0.717) is 6.61 Å². The molecule has 2 fully saturated rings. The molecule has 1 spiro atoms. The third-order valence-electron chi connectivity index (χ3n) is 5.68. The lowest BCUT2D eigenvalue weighted by molar-refractivity contribution is -0.00159. The van der Waals surface area contributed by atoms with Gasteiger partial charge in [0.2, 0.25) is 0 Å². The Labute approximate surface area is 168 Å². The van der Waals surface area contributed by atoms with Gasteiger partial charge in [0.15, 0.2) is 5.60 Å². The van der Waals surface area contributed by atoms with E-state index in [2.05, 4.69) is 16.1 Å². The average molecular weight is 390 g/mol. The molecule has 0 saturated carbocycles. The van der Waals surface area contributed by atoms with Gasteiger partial charge in [-0.3, -0.25) is 9.88 Å². The molecule has 0 aliphatic carbocycles. The second-order valence-corrected chi connectivity index (χ2v) is 7.62. The zero-order valence-corrected chi connectivity index (χ0v) is 16.0. The Morgan fingerprint density at radius 1 is 1.03 bits per heavy atom. The number of carbonyl (C=O) groups excluding carboxylic acids is 1. The second-order valence-electron chi connectivity index (χ2n) is 7.62. The molecule has 0 atom stereocenters. The van der Waals surface area contributed by atoms with Crippen LogP contribution in [0.5, 0.6) is 0 Å². The number of piperidine rings is 1. The van der Waals surface area contributed by atoms with E-state index in [1.165, 1.54) is 0 Å². The molecular formula is C22H22N4O3. The van der Waals surface area contributed by atoms with Gasteiger partial charge in [-0.15, -0.1) is 0 Å². The van der Waals surface area contributed by atoms with Crippen LogP contribution in [-0.2, 0) is 16.0 Å². The van der Waals surface area contributed by atoms with Crippen LogP contribution in [0.1, 0.15) is 18.4 Å². The number of para-hydroxylation sites is 1. The predicted molar refractivity (Wildman–Crippen MR) is 106 cm³/mol. The minimum Gasteiger partial charge on any atom is -0.430 e. The Morgan fingerprint density at radius 2 is 1.79 bits per heavy atom. The number of ether oxygens (including phenoxy) is 2. The summed E-state index contributed by atoms with van der Waals surface area (Å²) in [5.74, 6) is 0. The lowest BCUT2D eigenvalue weighted by atomic mass is 9.92. The molecule has 0 unspecified atom stereocenters. The summed E-state index contributed by atoms with van der Waals surface area (Å²) in [5.41, 5.74) is 3.77. The maximum atomic E-state index is 11.4. The van der Waals surface area contributed by atoms with Gasteiger partial charge in [0.25, 0.3) is 0 Å². The van der Waals surface area contributed by atoms with Crippen molar-refractivity contribution in [3.8, 4) is 16.9 Å². The van der Waals surface area contributed by atoms with Crippen LogP contribution >= 0.6 is 0 Å². The van der Waals surface area contributed by atoms with Crippen LogP contribution in [0.2, 0.25) is 0 Å². The molecule has 0 N–H and O–H groups in total. The first-order valence-electron chi connectivity index (χ1n) is 9.83. The fourth-order valence-corrected chi connectivity index (χ4v) is 4.02. The molecule has 1 aromatic carbocycles. The summed E-state index contributed by atoms with van der Waals surface area (Å²) in [5, 5.41) is 4.87. The van der Waals surface area contributed by atoms with Crippen LogP contribution in [0.4, 0.5) is 4.79 Å². The van der Waals surface area contributed by atoms with Crippen molar-refractivity contribution >= 4 is 6.16 Å². The molecule has 0 radical (unpaired) electrons. The summed E-state index contributed by atoms with van der Waals surface area (Å²) < 4.78 is 12.4. The molecule has 7 heteroatoms. The highest BCUT2D eigenvalue weighted by Gasteiger charge is 2.44. The fraction of sp³-hybridized carbons (Fsp3) is 0.318. The van der Waals surface area contributed by atoms with Gasteiger partial charge in [-0.2, -0.15) is 5.10 Å². The normalized spacial score (nSPS) is 18.6. The average Bonchev–Trinajstić information content (AvgIpc) is 3.35. The van der Waals surface area contributed by atoms with Crippen molar-refractivity contribution < 1.29 is 14.3 Å². The van der Waals surface area contributed by atoms with Gasteiger partial charge in [-0.05, 0) is 24.3 Å². The third-order valence-corrected chi connectivity index (χ3v) is 5.68. The van der Waals surface area contributed by atoms with E-state index >= 15 is 0 Å². The number of nitrogens with zero attached hydrogens (tertiary/aromatic N) is 4. The molecule has 0 amide bonds. The van der Waals surface area contributed by atoms with Gasteiger partial charge >= 0.3 is 6.16 Å². The van der Waals surface area contributed by atoms with Crippen LogP contribution in [0, 0.1) is 0 Å². The van der Waals surface area contributed by atoms with E-state index in [1.807, 2.05) is 47.1 Å². The Hall–Kier alpha value is -3.19. The minimum atomic E-state index is -0.539. The number of carbonyl (C=O) groups is 1. The molecule has 2 aliphatic rings. The van der Waals surface area contributed by atoms with E-state index in [4.69, 9.17) is 14.6 Å². The number of cyclic esters (lactones) is 1. The maximum absolute atomic E-state index is 11.4. The van der Waals surface area contributed by atoms with Crippen LogP contribution in [0.3, 0.4) is 0 Å².